The van der Waals surface area contributed by atoms with Crippen molar-refractivity contribution in [1.29, 1.82) is 0 Å². The Bertz CT molecular complexity index is 495. The molecule has 0 aromatic heterocycles. The summed E-state index contributed by atoms with van der Waals surface area (Å²) in [5.41, 5.74) is 1.51. The van der Waals surface area contributed by atoms with Gasteiger partial charge in [-0.25, -0.2) is 0 Å². The van der Waals surface area contributed by atoms with Gasteiger partial charge in [0.05, 0.1) is 5.69 Å². The zero-order valence-electron chi connectivity index (χ0n) is 11.4. The zero-order chi connectivity index (χ0) is 14.0. The molecule has 1 fully saturated rings. The van der Waals surface area contributed by atoms with Crippen LogP contribution in [0.15, 0.2) is 16.6 Å². The third kappa shape index (κ3) is 3.32. The van der Waals surface area contributed by atoms with Crippen LogP contribution in [0.25, 0.3) is 0 Å². The summed E-state index contributed by atoms with van der Waals surface area (Å²) >= 11 is 9.60. The molecule has 0 spiro atoms. The second-order valence-electron chi connectivity index (χ2n) is 5.66. The number of benzene rings is 1. The van der Waals surface area contributed by atoms with E-state index in [2.05, 4.69) is 28.2 Å². The van der Waals surface area contributed by atoms with Gasteiger partial charge in [-0.05, 0) is 53.4 Å². The van der Waals surface area contributed by atoms with Crippen molar-refractivity contribution < 1.29 is 4.79 Å². The lowest BCUT2D eigenvalue weighted by molar-refractivity contribution is -0.126. The number of hydrogen-bond acceptors (Lipinski definition) is 1. The summed E-state index contributed by atoms with van der Waals surface area (Å²) in [7, 11) is 0. The van der Waals surface area contributed by atoms with Crippen LogP contribution in [0.4, 0.5) is 5.69 Å². The van der Waals surface area contributed by atoms with Crippen molar-refractivity contribution in [1.82, 2.24) is 0 Å². The molecular weight excluding hydrogens is 326 g/mol. The van der Waals surface area contributed by atoms with E-state index in [1.54, 1.807) is 0 Å². The van der Waals surface area contributed by atoms with E-state index in [1.165, 1.54) is 6.42 Å². The molecule has 1 aromatic rings. The van der Waals surface area contributed by atoms with Gasteiger partial charge < -0.3 is 5.32 Å². The Morgan fingerprint density at radius 1 is 1.32 bits per heavy atom. The second-order valence-corrected chi connectivity index (χ2v) is 6.92. The summed E-state index contributed by atoms with van der Waals surface area (Å²) in [4.78, 5) is 12.5. The molecule has 0 aliphatic heterocycles. The fourth-order valence-corrected chi connectivity index (χ4v) is 3.30. The lowest BCUT2D eigenvalue weighted by Gasteiger charge is -2.32. The molecular formula is C15H19BrClNO. The molecule has 2 nitrogen and oxygen atoms in total. The van der Waals surface area contributed by atoms with Crippen molar-refractivity contribution in [2.24, 2.45) is 5.41 Å². The van der Waals surface area contributed by atoms with Crippen LogP contribution in [0, 0.1) is 12.3 Å². The van der Waals surface area contributed by atoms with E-state index in [0.717, 1.165) is 41.4 Å². The van der Waals surface area contributed by atoms with E-state index in [4.69, 9.17) is 11.6 Å². The average molecular weight is 345 g/mol. The highest BCUT2D eigenvalue weighted by Crippen LogP contribution is 2.38. The molecule has 104 valence electrons. The maximum absolute atomic E-state index is 12.5. The molecule has 0 bridgehead atoms. The molecule has 0 saturated heterocycles. The minimum atomic E-state index is -0.241. The van der Waals surface area contributed by atoms with E-state index in [-0.39, 0.29) is 11.3 Å². The monoisotopic (exact) mass is 343 g/mol. The van der Waals surface area contributed by atoms with Crippen LogP contribution in [-0.2, 0) is 4.79 Å². The minimum Gasteiger partial charge on any atom is -0.325 e. The Balaban J connectivity index is 2.16. The Morgan fingerprint density at radius 2 is 1.95 bits per heavy atom. The van der Waals surface area contributed by atoms with Crippen LogP contribution in [0.3, 0.4) is 0 Å². The van der Waals surface area contributed by atoms with Crippen LogP contribution in [-0.4, -0.2) is 5.91 Å². The number of aryl methyl sites for hydroxylation is 1. The molecule has 4 heteroatoms. The van der Waals surface area contributed by atoms with Crippen LogP contribution < -0.4 is 5.32 Å². The minimum absolute atomic E-state index is 0.104. The molecule has 1 aromatic carbocycles. The van der Waals surface area contributed by atoms with Crippen LogP contribution in [0.5, 0.6) is 0 Å². The summed E-state index contributed by atoms with van der Waals surface area (Å²) in [6.45, 7) is 4.01. The Hall–Kier alpha value is -0.540. The molecule has 0 atom stereocenters. The largest absolute Gasteiger partial charge is 0.325 e. The average Bonchev–Trinajstić information content (AvgIpc) is 2.36. The van der Waals surface area contributed by atoms with Crippen LogP contribution in [0.2, 0.25) is 5.02 Å². The topological polar surface area (TPSA) is 29.1 Å². The quantitative estimate of drug-likeness (QED) is 0.773. The van der Waals surface area contributed by atoms with Crippen LogP contribution in [0.1, 0.15) is 44.6 Å². The zero-order valence-corrected chi connectivity index (χ0v) is 13.7. The van der Waals surface area contributed by atoms with Gasteiger partial charge in [0.15, 0.2) is 0 Å². The van der Waals surface area contributed by atoms with Crippen molar-refractivity contribution in [2.75, 3.05) is 5.32 Å². The Kier molecular flexibility index (Phi) is 4.57. The fourth-order valence-electron chi connectivity index (χ4n) is 2.57. The molecule has 2 rings (SSSR count). The van der Waals surface area contributed by atoms with Crippen LogP contribution >= 0.6 is 27.5 Å². The van der Waals surface area contributed by atoms with Gasteiger partial charge in [0, 0.05) is 14.9 Å². The maximum Gasteiger partial charge on any atom is 0.230 e. The normalized spacial score (nSPS) is 18.1. The number of rotatable bonds is 2. The fraction of sp³-hybridized carbons (Fsp3) is 0.533. The standard InChI is InChI=1S/C15H19BrClNO/c1-10-8-11(16)13(9-12(10)17)18-14(19)15(2)6-4-3-5-7-15/h8-9H,3-7H2,1-2H3,(H,18,19). The predicted octanol–water partition coefficient (Wildman–Crippen LogP) is 5.32. The van der Waals surface area contributed by atoms with Gasteiger partial charge >= 0.3 is 0 Å². The predicted molar refractivity (Wildman–Crippen MR) is 83.7 cm³/mol. The van der Waals surface area contributed by atoms with E-state index in [1.807, 2.05) is 19.1 Å². The van der Waals surface area contributed by atoms with E-state index >= 15 is 0 Å². The highest BCUT2D eigenvalue weighted by molar-refractivity contribution is 9.10. The molecule has 1 saturated carbocycles. The number of hydrogen-bond donors (Lipinski definition) is 1. The van der Waals surface area contributed by atoms with E-state index in [9.17, 15) is 4.79 Å². The molecule has 19 heavy (non-hydrogen) atoms. The summed E-state index contributed by atoms with van der Waals surface area (Å²) in [6, 6.07) is 3.74. The molecule has 1 amide bonds. The Morgan fingerprint density at radius 3 is 2.58 bits per heavy atom. The van der Waals surface area contributed by atoms with E-state index < -0.39 is 0 Å². The summed E-state index contributed by atoms with van der Waals surface area (Å²) in [5, 5.41) is 3.69. The SMILES string of the molecule is Cc1cc(Br)c(NC(=O)C2(C)CCCCC2)cc1Cl. The summed E-state index contributed by atoms with van der Waals surface area (Å²) < 4.78 is 0.877. The number of nitrogens with one attached hydrogen (secondary N) is 1. The number of halogens is 2. The van der Waals surface area contributed by atoms with Gasteiger partial charge in [-0.2, -0.15) is 0 Å². The van der Waals surface area contributed by atoms with Gasteiger partial charge in [0.2, 0.25) is 5.91 Å². The van der Waals surface area contributed by atoms with Gasteiger partial charge in [-0.1, -0.05) is 37.8 Å². The smallest absolute Gasteiger partial charge is 0.230 e. The second kappa shape index (κ2) is 5.84. The first-order valence-electron chi connectivity index (χ1n) is 6.69. The van der Waals surface area contributed by atoms with Crippen molar-refractivity contribution in [3.63, 3.8) is 0 Å². The third-order valence-electron chi connectivity index (χ3n) is 4.00. The first-order chi connectivity index (χ1) is 8.92. The van der Waals surface area contributed by atoms with Crippen molar-refractivity contribution in [3.05, 3.63) is 27.2 Å². The van der Waals surface area contributed by atoms with Crippen molar-refractivity contribution >= 4 is 39.1 Å². The van der Waals surface area contributed by atoms with Gasteiger partial charge in [-0.15, -0.1) is 0 Å². The first kappa shape index (κ1) is 14.9. The lowest BCUT2D eigenvalue weighted by Crippen LogP contribution is -2.35. The number of carbonyl (C=O) groups is 1. The molecule has 1 aliphatic carbocycles. The summed E-state index contributed by atoms with van der Waals surface area (Å²) in [5.74, 6) is 0.104. The first-order valence-corrected chi connectivity index (χ1v) is 7.86. The number of anilines is 1. The van der Waals surface area contributed by atoms with E-state index in [0.29, 0.717) is 5.02 Å². The highest BCUT2D eigenvalue weighted by atomic mass is 79.9. The maximum atomic E-state index is 12.5. The third-order valence-corrected chi connectivity index (χ3v) is 5.07. The molecule has 0 unspecified atom stereocenters. The van der Waals surface area contributed by atoms with Gasteiger partial charge in [0.25, 0.3) is 0 Å². The van der Waals surface area contributed by atoms with Crippen molar-refractivity contribution in [2.45, 2.75) is 46.0 Å². The Labute approximate surface area is 128 Å². The number of carbonyl (C=O) groups excluding carboxylic acids is 1. The summed E-state index contributed by atoms with van der Waals surface area (Å²) in [6.07, 6.45) is 5.45. The molecule has 0 heterocycles. The van der Waals surface area contributed by atoms with Gasteiger partial charge in [-0.3, -0.25) is 4.79 Å². The molecule has 1 N–H and O–H groups in total. The lowest BCUT2D eigenvalue weighted by atomic mass is 9.75. The van der Waals surface area contributed by atoms with Crippen molar-refractivity contribution in [3.8, 4) is 0 Å². The molecule has 1 aliphatic rings. The van der Waals surface area contributed by atoms with Gasteiger partial charge in [0.1, 0.15) is 0 Å². The molecule has 0 radical (unpaired) electrons. The highest BCUT2D eigenvalue weighted by Gasteiger charge is 2.34. The number of amides is 1.